The second-order valence-corrected chi connectivity index (χ2v) is 3.62. The van der Waals surface area contributed by atoms with E-state index in [1.54, 1.807) is 21.3 Å². The van der Waals surface area contributed by atoms with Crippen molar-refractivity contribution in [1.29, 1.82) is 0 Å². The molecule has 1 fully saturated rings. The number of hydrogen-bond acceptors (Lipinski definition) is 6. The number of aliphatic hydroxyl groups is 1. The smallest absolute Gasteiger partial charge is 0.184 e. The third-order valence-corrected chi connectivity index (χ3v) is 2.76. The van der Waals surface area contributed by atoms with Crippen molar-refractivity contribution >= 4 is 0 Å². The minimum atomic E-state index is -1.04. The molecule has 6 heteroatoms. The van der Waals surface area contributed by atoms with Crippen LogP contribution in [0.2, 0.25) is 0 Å². The molecule has 0 bridgehead atoms. The van der Waals surface area contributed by atoms with Crippen molar-refractivity contribution in [3.8, 4) is 0 Å². The molecule has 1 saturated heterocycles. The highest BCUT2D eigenvalue weighted by molar-refractivity contribution is 4.91. The Morgan fingerprint density at radius 1 is 0.938 bits per heavy atom. The van der Waals surface area contributed by atoms with Gasteiger partial charge in [0.05, 0.1) is 6.61 Å². The van der Waals surface area contributed by atoms with Gasteiger partial charge >= 0.3 is 0 Å². The maximum absolute atomic E-state index is 9.74. The fourth-order valence-electron chi connectivity index (χ4n) is 2.00. The van der Waals surface area contributed by atoms with Crippen LogP contribution in [0.3, 0.4) is 0 Å². The summed E-state index contributed by atoms with van der Waals surface area (Å²) in [7, 11) is 6.16. The number of hydrogen-bond donors (Lipinski definition) is 1. The molecule has 1 heterocycles. The van der Waals surface area contributed by atoms with Gasteiger partial charge in [-0.05, 0) is 0 Å². The molecule has 5 atom stereocenters. The molecule has 1 N–H and O–H groups in total. The normalized spacial score (nSPS) is 39.9. The van der Waals surface area contributed by atoms with Crippen LogP contribution in [0.4, 0.5) is 0 Å². The quantitative estimate of drug-likeness (QED) is 0.687. The van der Waals surface area contributed by atoms with E-state index in [2.05, 4.69) is 0 Å². The summed E-state index contributed by atoms with van der Waals surface area (Å²) in [6.07, 6.45) is -2.71. The number of ether oxygens (including phenoxy) is 5. The Balaban J connectivity index is 2.78. The SMILES string of the molecule is COC[C@@H]1O[C@@H](O)[C@@H](OC)[C@@H](OC)[C@H]1OC. The first kappa shape index (κ1) is 13.8. The van der Waals surface area contributed by atoms with Crippen LogP contribution in [0, 0.1) is 0 Å². The maximum atomic E-state index is 9.74. The van der Waals surface area contributed by atoms with E-state index in [1.807, 2.05) is 0 Å². The standard InChI is InChI=1S/C10H20O6/c1-12-5-6-7(13-2)8(14-3)9(15-4)10(11)16-6/h6-11H,5H2,1-4H3/t6-,7-,8-,9-,10+/m0/s1. The lowest BCUT2D eigenvalue weighted by atomic mass is 9.98. The summed E-state index contributed by atoms with van der Waals surface area (Å²) in [6.45, 7) is 0.325. The lowest BCUT2D eigenvalue weighted by Gasteiger charge is -2.42. The van der Waals surface area contributed by atoms with Crippen molar-refractivity contribution < 1.29 is 28.8 Å². The van der Waals surface area contributed by atoms with E-state index in [0.29, 0.717) is 6.61 Å². The minimum Gasteiger partial charge on any atom is -0.382 e. The minimum absolute atomic E-state index is 0.325. The largest absolute Gasteiger partial charge is 0.382 e. The number of methoxy groups -OCH3 is 4. The first-order valence-corrected chi connectivity index (χ1v) is 5.10. The monoisotopic (exact) mass is 236 g/mol. The second-order valence-electron chi connectivity index (χ2n) is 3.62. The van der Waals surface area contributed by atoms with E-state index in [-0.39, 0.29) is 18.3 Å². The van der Waals surface area contributed by atoms with Gasteiger partial charge < -0.3 is 28.8 Å². The molecule has 1 aliphatic rings. The molecule has 0 radical (unpaired) electrons. The van der Waals surface area contributed by atoms with Gasteiger partial charge in [-0.3, -0.25) is 0 Å². The Bertz CT molecular complexity index is 200. The summed E-state index contributed by atoms with van der Waals surface area (Å²) in [4.78, 5) is 0. The molecule has 0 aromatic rings. The highest BCUT2D eigenvalue weighted by Crippen LogP contribution is 2.25. The Morgan fingerprint density at radius 3 is 1.94 bits per heavy atom. The molecule has 0 amide bonds. The Hall–Kier alpha value is -0.240. The average molecular weight is 236 g/mol. The molecule has 6 nitrogen and oxygen atoms in total. The summed E-state index contributed by atoms with van der Waals surface area (Å²) in [5.41, 5.74) is 0. The zero-order valence-corrected chi connectivity index (χ0v) is 10.1. The summed E-state index contributed by atoms with van der Waals surface area (Å²) in [6, 6.07) is 0. The fraction of sp³-hybridized carbons (Fsp3) is 1.00. The van der Waals surface area contributed by atoms with Crippen molar-refractivity contribution in [2.24, 2.45) is 0 Å². The molecule has 96 valence electrons. The third-order valence-electron chi connectivity index (χ3n) is 2.76. The van der Waals surface area contributed by atoms with Crippen LogP contribution in [0.25, 0.3) is 0 Å². The van der Waals surface area contributed by atoms with Crippen LogP contribution in [-0.4, -0.2) is 70.9 Å². The van der Waals surface area contributed by atoms with Crippen molar-refractivity contribution in [3.05, 3.63) is 0 Å². The summed E-state index contributed by atoms with van der Waals surface area (Å²) >= 11 is 0. The van der Waals surface area contributed by atoms with Crippen LogP contribution in [-0.2, 0) is 23.7 Å². The molecule has 1 rings (SSSR count). The topological polar surface area (TPSA) is 66.4 Å². The van der Waals surface area contributed by atoms with E-state index in [9.17, 15) is 5.11 Å². The van der Waals surface area contributed by atoms with Gasteiger partial charge in [0.15, 0.2) is 6.29 Å². The zero-order chi connectivity index (χ0) is 12.1. The molecule has 1 aliphatic heterocycles. The summed E-state index contributed by atoms with van der Waals surface area (Å²) in [5.74, 6) is 0. The van der Waals surface area contributed by atoms with Gasteiger partial charge in [-0.25, -0.2) is 0 Å². The first-order chi connectivity index (χ1) is 7.69. The van der Waals surface area contributed by atoms with E-state index >= 15 is 0 Å². The van der Waals surface area contributed by atoms with Gasteiger partial charge in [-0.1, -0.05) is 0 Å². The molecular weight excluding hydrogens is 216 g/mol. The van der Waals surface area contributed by atoms with Crippen LogP contribution in [0.5, 0.6) is 0 Å². The molecule has 16 heavy (non-hydrogen) atoms. The molecular formula is C10H20O6. The van der Waals surface area contributed by atoms with Crippen molar-refractivity contribution in [2.75, 3.05) is 35.0 Å². The molecule has 0 aromatic carbocycles. The van der Waals surface area contributed by atoms with Crippen molar-refractivity contribution in [2.45, 2.75) is 30.7 Å². The Morgan fingerprint density at radius 2 is 1.50 bits per heavy atom. The highest BCUT2D eigenvalue weighted by atomic mass is 16.7. The predicted octanol–water partition coefficient (Wildman–Crippen LogP) is -0.605. The van der Waals surface area contributed by atoms with Crippen molar-refractivity contribution in [3.63, 3.8) is 0 Å². The average Bonchev–Trinajstić information content (AvgIpc) is 2.28. The van der Waals surface area contributed by atoms with Gasteiger partial charge in [0.1, 0.15) is 24.4 Å². The molecule has 0 unspecified atom stereocenters. The predicted molar refractivity (Wildman–Crippen MR) is 55.1 cm³/mol. The number of rotatable bonds is 5. The Labute approximate surface area is 95.4 Å². The lowest BCUT2D eigenvalue weighted by molar-refractivity contribution is -0.300. The van der Waals surface area contributed by atoms with Crippen LogP contribution in [0.1, 0.15) is 0 Å². The molecule has 0 aromatic heterocycles. The van der Waals surface area contributed by atoms with Crippen LogP contribution >= 0.6 is 0 Å². The van der Waals surface area contributed by atoms with Gasteiger partial charge in [0.25, 0.3) is 0 Å². The van der Waals surface area contributed by atoms with Gasteiger partial charge in [0, 0.05) is 28.4 Å². The molecule has 0 saturated carbocycles. The second kappa shape index (κ2) is 6.48. The third kappa shape index (κ3) is 2.71. The maximum Gasteiger partial charge on any atom is 0.184 e. The lowest BCUT2D eigenvalue weighted by Crippen LogP contribution is -2.60. The van der Waals surface area contributed by atoms with E-state index < -0.39 is 12.4 Å². The zero-order valence-electron chi connectivity index (χ0n) is 10.1. The van der Waals surface area contributed by atoms with Gasteiger partial charge in [-0.15, -0.1) is 0 Å². The van der Waals surface area contributed by atoms with E-state index in [0.717, 1.165) is 0 Å². The summed E-state index contributed by atoms with van der Waals surface area (Å²) < 4.78 is 26.1. The van der Waals surface area contributed by atoms with E-state index in [1.165, 1.54) is 7.11 Å². The highest BCUT2D eigenvalue weighted by Gasteiger charge is 2.46. The molecule has 0 spiro atoms. The van der Waals surface area contributed by atoms with E-state index in [4.69, 9.17) is 23.7 Å². The fourth-order valence-corrected chi connectivity index (χ4v) is 2.00. The summed E-state index contributed by atoms with van der Waals surface area (Å²) in [5, 5.41) is 9.74. The number of aliphatic hydroxyl groups excluding tert-OH is 1. The van der Waals surface area contributed by atoms with Gasteiger partial charge in [-0.2, -0.15) is 0 Å². The van der Waals surface area contributed by atoms with Crippen molar-refractivity contribution in [1.82, 2.24) is 0 Å². The van der Waals surface area contributed by atoms with Gasteiger partial charge in [0.2, 0.25) is 0 Å². The van der Waals surface area contributed by atoms with Crippen LogP contribution in [0.15, 0.2) is 0 Å². The molecule has 0 aliphatic carbocycles. The van der Waals surface area contributed by atoms with Crippen LogP contribution < -0.4 is 0 Å². The Kier molecular flexibility index (Phi) is 5.60. The first-order valence-electron chi connectivity index (χ1n) is 5.10.